The molecule has 0 aliphatic rings. The Bertz CT molecular complexity index is 420. The van der Waals surface area contributed by atoms with E-state index in [2.05, 4.69) is 4.98 Å². The van der Waals surface area contributed by atoms with Gasteiger partial charge in [-0.15, -0.1) is 0 Å². The van der Waals surface area contributed by atoms with Crippen molar-refractivity contribution in [1.29, 1.82) is 0 Å². The monoisotopic (exact) mass is 250 g/mol. The highest BCUT2D eigenvalue weighted by atomic mass is 16.4. The molecule has 1 aromatic rings. The molecule has 2 unspecified atom stereocenters. The van der Waals surface area contributed by atoms with Gasteiger partial charge in [-0.1, -0.05) is 13.8 Å². The van der Waals surface area contributed by atoms with E-state index in [0.717, 1.165) is 5.69 Å². The molecule has 1 N–H and O–H groups in total. The van der Waals surface area contributed by atoms with Gasteiger partial charge in [-0.25, -0.2) is 0 Å². The lowest BCUT2D eigenvalue weighted by Crippen LogP contribution is -2.39. The number of anilines is 1. The molecule has 5 heteroatoms. The van der Waals surface area contributed by atoms with Crippen molar-refractivity contribution in [3.63, 3.8) is 0 Å². The molecule has 1 rings (SSSR count). The topological polar surface area (TPSA) is 70.5 Å². The molecule has 1 amide bonds. The van der Waals surface area contributed by atoms with Crippen molar-refractivity contribution < 1.29 is 14.7 Å². The van der Waals surface area contributed by atoms with Gasteiger partial charge in [-0.05, 0) is 19.1 Å². The molecule has 0 radical (unpaired) electrons. The number of aliphatic carboxylic acids is 1. The maximum atomic E-state index is 12.3. The summed E-state index contributed by atoms with van der Waals surface area (Å²) < 4.78 is 0. The Morgan fingerprint density at radius 1 is 1.28 bits per heavy atom. The number of hydrogen-bond acceptors (Lipinski definition) is 3. The van der Waals surface area contributed by atoms with Crippen molar-refractivity contribution in [1.82, 2.24) is 4.98 Å². The summed E-state index contributed by atoms with van der Waals surface area (Å²) in [5.41, 5.74) is 0.738. The van der Waals surface area contributed by atoms with E-state index >= 15 is 0 Å². The molecule has 0 aromatic carbocycles. The molecule has 0 spiro atoms. The van der Waals surface area contributed by atoms with E-state index in [9.17, 15) is 9.59 Å². The maximum Gasteiger partial charge on any atom is 0.307 e. The summed E-state index contributed by atoms with van der Waals surface area (Å²) >= 11 is 0. The fourth-order valence-corrected chi connectivity index (χ4v) is 1.66. The first kappa shape index (κ1) is 14.2. The van der Waals surface area contributed by atoms with Gasteiger partial charge in [-0.3, -0.25) is 14.6 Å². The molecule has 0 aliphatic heterocycles. The van der Waals surface area contributed by atoms with Crippen molar-refractivity contribution in [2.24, 2.45) is 11.8 Å². The van der Waals surface area contributed by atoms with Crippen LogP contribution in [0.5, 0.6) is 0 Å². The van der Waals surface area contributed by atoms with Crippen LogP contribution in [-0.2, 0) is 9.59 Å². The molecule has 18 heavy (non-hydrogen) atoms. The van der Waals surface area contributed by atoms with Gasteiger partial charge >= 0.3 is 5.97 Å². The average Bonchev–Trinajstić information content (AvgIpc) is 2.38. The van der Waals surface area contributed by atoms with Crippen LogP contribution in [0.25, 0.3) is 0 Å². The third-order valence-electron chi connectivity index (χ3n) is 3.09. The molecule has 0 fully saturated rings. The first-order chi connectivity index (χ1) is 8.49. The number of carbonyl (C=O) groups is 2. The van der Waals surface area contributed by atoms with E-state index in [1.165, 1.54) is 0 Å². The van der Waals surface area contributed by atoms with Crippen LogP contribution >= 0.6 is 0 Å². The standard InChI is InChI=1S/C13H18N2O3/c1-4-15(11-5-7-14-8-6-11)12(16)9(2)10(3)13(17)18/h5-10H,4H2,1-3H3,(H,17,18). The molecule has 0 saturated heterocycles. The lowest BCUT2D eigenvalue weighted by Gasteiger charge is -2.26. The first-order valence-electron chi connectivity index (χ1n) is 5.93. The first-order valence-corrected chi connectivity index (χ1v) is 5.93. The number of carbonyl (C=O) groups excluding carboxylic acids is 1. The van der Waals surface area contributed by atoms with Crippen molar-refractivity contribution in [2.75, 3.05) is 11.4 Å². The highest BCUT2D eigenvalue weighted by Crippen LogP contribution is 2.19. The predicted molar refractivity (Wildman–Crippen MR) is 68.2 cm³/mol. The summed E-state index contributed by atoms with van der Waals surface area (Å²) in [6, 6.07) is 3.47. The van der Waals surface area contributed by atoms with Gasteiger partial charge in [0.1, 0.15) is 0 Å². The number of carboxylic acids is 1. The van der Waals surface area contributed by atoms with Crippen LogP contribution in [0.1, 0.15) is 20.8 Å². The summed E-state index contributed by atoms with van der Waals surface area (Å²) in [7, 11) is 0. The second kappa shape index (κ2) is 6.14. The van der Waals surface area contributed by atoms with E-state index in [4.69, 9.17) is 5.11 Å². The van der Waals surface area contributed by atoms with Gasteiger partial charge in [0.25, 0.3) is 0 Å². The summed E-state index contributed by atoms with van der Waals surface area (Å²) in [5, 5.41) is 8.95. The number of hydrogen-bond donors (Lipinski definition) is 1. The molecule has 98 valence electrons. The normalized spacial score (nSPS) is 13.7. The molecule has 1 aromatic heterocycles. The number of pyridine rings is 1. The summed E-state index contributed by atoms with van der Waals surface area (Å²) in [5.74, 6) is -2.40. The molecule has 2 atom stereocenters. The molecule has 5 nitrogen and oxygen atoms in total. The minimum absolute atomic E-state index is 0.182. The van der Waals surface area contributed by atoms with E-state index < -0.39 is 17.8 Å². The van der Waals surface area contributed by atoms with Crippen LogP contribution < -0.4 is 4.90 Å². The fraction of sp³-hybridized carbons (Fsp3) is 0.462. The van der Waals surface area contributed by atoms with Crippen molar-refractivity contribution >= 4 is 17.6 Å². The molecular formula is C13H18N2O3. The second-order valence-corrected chi connectivity index (χ2v) is 4.20. The van der Waals surface area contributed by atoms with Crippen LogP contribution in [0.3, 0.4) is 0 Å². The Kier molecular flexibility index (Phi) is 4.83. The van der Waals surface area contributed by atoms with E-state index in [-0.39, 0.29) is 5.91 Å². The average molecular weight is 250 g/mol. The fourth-order valence-electron chi connectivity index (χ4n) is 1.66. The van der Waals surface area contributed by atoms with E-state index in [1.54, 1.807) is 43.3 Å². The number of nitrogens with zero attached hydrogens (tertiary/aromatic N) is 2. The quantitative estimate of drug-likeness (QED) is 0.864. The third-order valence-corrected chi connectivity index (χ3v) is 3.09. The Balaban J connectivity index is 2.90. The largest absolute Gasteiger partial charge is 0.481 e. The highest BCUT2D eigenvalue weighted by Gasteiger charge is 2.29. The lowest BCUT2D eigenvalue weighted by molar-refractivity contribution is -0.145. The second-order valence-electron chi connectivity index (χ2n) is 4.20. The minimum Gasteiger partial charge on any atom is -0.481 e. The van der Waals surface area contributed by atoms with Crippen molar-refractivity contribution in [2.45, 2.75) is 20.8 Å². The van der Waals surface area contributed by atoms with Crippen LogP contribution in [0.4, 0.5) is 5.69 Å². The number of aromatic nitrogens is 1. The zero-order chi connectivity index (χ0) is 13.7. The molecule has 1 heterocycles. The van der Waals surface area contributed by atoms with Crippen molar-refractivity contribution in [3.8, 4) is 0 Å². The Morgan fingerprint density at radius 2 is 1.83 bits per heavy atom. The molecule has 0 aliphatic carbocycles. The molecule has 0 saturated carbocycles. The van der Waals surface area contributed by atoms with Gasteiger partial charge in [-0.2, -0.15) is 0 Å². The van der Waals surface area contributed by atoms with E-state index in [0.29, 0.717) is 6.54 Å². The van der Waals surface area contributed by atoms with Crippen molar-refractivity contribution in [3.05, 3.63) is 24.5 Å². The van der Waals surface area contributed by atoms with Crippen LogP contribution in [-0.4, -0.2) is 28.5 Å². The minimum atomic E-state index is -0.957. The lowest BCUT2D eigenvalue weighted by atomic mass is 9.94. The van der Waals surface area contributed by atoms with Crippen LogP contribution in [0.2, 0.25) is 0 Å². The van der Waals surface area contributed by atoms with Gasteiger partial charge in [0.2, 0.25) is 5.91 Å². The number of amides is 1. The Labute approximate surface area is 106 Å². The smallest absolute Gasteiger partial charge is 0.307 e. The SMILES string of the molecule is CCN(C(=O)C(C)C(C)C(=O)O)c1ccncc1. The number of carboxylic acid groups (broad SMARTS) is 1. The highest BCUT2D eigenvalue weighted by molar-refractivity contribution is 5.96. The van der Waals surface area contributed by atoms with Gasteiger partial charge in [0, 0.05) is 30.5 Å². The zero-order valence-electron chi connectivity index (χ0n) is 10.8. The summed E-state index contributed by atoms with van der Waals surface area (Å²) in [6.07, 6.45) is 3.22. The Morgan fingerprint density at radius 3 is 2.28 bits per heavy atom. The third kappa shape index (κ3) is 3.06. The predicted octanol–water partition coefficient (Wildman–Crippen LogP) is 1.79. The Hall–Kier alpha value is -1.91. The maximum absolute atomic E-state index is 12.3. The summed E-state index contributed by atoms with van der Waals surface area (Å²) in [4.78, 5) is 28.6. The molecule has 0 bridgehead atoms. The van der Waals surface area contributed by atoms with Gasteiger partial charge in [0.05, 0.1) is 5.92 Å². The van der Waals surface area contributed by atoms with E-state index in [1.807, 2.05) is 6.92 Å². The van der Waals surface area contributed by atoms with Crippen LogP contribution in [0, 0.1) is 11.8 Å². The molecular weight excluding hydrogens is 232 g/mol. The summed E-state index contributed by atoms with van der Waals surface area (Å²) in [6.45, 7) is 5.55. The van der Waals surface area contributed by atoms with Crippen LogP contribution in [0.15, 0.2) is 24.5 Å². The van der Waals surface area contributed by atoms with Gasteiger partial charge in [0.15, 0.2) is 0 Å². The van der Waals surface area contributed by atoms with Gasteiger partial charge < -0.3 is 10.0 Å². The number of rotatable bonds is 5. The zero-order valence-corrected chi connectivity index (χ0v) is 10.8.